The first-order valence-corrected chi connectivity index (χ1v) is 11.4. The van der Waals surface area contributed by atoms with E-state index < -0.39 is 9.84 Å². The van der Waals surface area contributed by atoms with Crippen LogP contribution >= 0.6 is 11.6 Å². The summed E-state index contributed by atoms with van der Waals surface area (Å²) in [6.45, 7) is 11.3. The van der Waals surface area contributed by atoms with Crippen LogP contribution in [0.15, 0.2) is 30.7 Å². The van der Waals surface area contributed by atoms with E-state index in [0.717, 1.165) is 33.2 Å². The second-order valence-electron chi connectivity index (χ2n) is 7.61. The van der Waals surface area contributed by atoms with E-state index in [4.69, 9.17) is 18.2 Å². The van der Waals surface area contributed by atoms with Crippen LogP contribution in [-0.2, 0) is 9.84 Å². The molecule has 0 amide bonds. The quantitative estimate of drug-likeness (QED) is 0.549. The van der Waals surface area contributed by atoms with Gasteiger partial charge in [-0.15, -0.1) is 0 Å². The van der Waals surface area contributed by atoms with Crippen molar-refractivity contribution in [2.75, 3.05) is 6.26 Å². The highest BCUT2D eigenvalue weighted by atomic mass is 35.5. The standard InChI is InChI=1S/C21H20ClN3O2S/c1-12-5-20-16(8-19(12)23-3)18(17-10-24-9-13(2)21(17)22)11-25(20)14-6-15(7-14)28(4,26)27/h5,8-11,14-15H,6-7H2,1-2,4H3. The summed E-state index contributed by atoms with van der Waals surface area (Å²) in [5.41, 5.74) is 5.13. The van der Waals surface area contributed by atoms with Crippen LogP contribution in [0.2, 0.25) is 5.02 Å². The molecule has 1 aliphatic rings. The van der Waals surface area contributed by atoms with Gasteiger partial charge in [0.05, 0.1) is 16.8 Å². The summed E-state index contributed by atoms with van der Waals surface area (Å²) < 4.78 is 25.8. The molecule has 1 aromatic carbocycles. The predicted molar refractivity (Wildman–Crippen MR) is 113 cm³/mol. The maximum absolute atomic E-state index is 11.8. The molecule has 0 aliphatic heterocycles. The van der Waals surface area contributed by atoms with E-state index in [0.29, 0.717) is 23.6 Å². The summed E-state index contributed by atoms with van der Waals surface area (Å²) in [7, 11) is -3.02. The Hall–Kier alpha value is -2.36. The largest absolute Gasteiger partial charge is 0.344 e. The Bertz CT molecular complexity index is 1250. The highest BCUT2D eigenvalue weighted by Crippen LogP contribution is 2.44. The Labute approximate surface area is 169 Å². The molecule has 5 nitrogen and oxygen atoms in total. The molecule has 1 fully saturated rings. The summed E-state index contributed by atoms with van der Waals surface area (Å²) in [5, 5.41) is 1.29. The Morgan fingerprint density at radius 1 is 1.18 bits per heavy atom. The summed E-state index contributed by atoms with van der Waals surface area (Å²) in [6.07, 6.45) is 8.01. The van der Waals surface area contributed by atoms with Crippen molar-refractivity contribution in [3.63, 3.8) is 0 Å². The zero-order valence-electron chi connectivity index (χ0n) is 15.9. The molecule has 0 spiro atoms. The van der Waals surface area contributed by atoms with Gasteiger partial charge in [-0.05, 0) is 55.3 Å². The number of nitrogens with zero attached hydrogens (tertiary/aromatic N) is 3. The van der Waals surface area contributed by atoms with Crippen LogP contribution in [-0.4, -0.2) is 29.5 Å². The second-order valence-corrected chi connectivity index (χ2v) is 10.3. The minimum absolute atomic E-state index is 0.116. The summed E-state index contributed by atoms with van der Waals surface area (Å²) in [6, 6.07) is 4.03. The number of fused-ring (bicyclic) bond motifs is 1. The first-order chi connectivity index (χ1) is 13.2. The number of rotatable bonds is 3. The molecule has 0 unspecified atom stereocenters. The number of hydrogen-bond donors (Lipinski definition) is 0. The molecule has 7 heteroatoms. The molecule has 0 bridgehead atoms. The van der Waals surface area contributed by atoms with Crippen LogP contribution in [0.3, 0.4) is 0 Å². The molecule has 3 aromatic rings. The van der Waals surface area contributed by atoms with Gasteiger partial charge >= 0.3 is 0 Å². The van der Waals surface area contributed by atoms with Gasteiger partial charge in [0.2, 0.25) is 0 Å². The van der Waals surface area contributed by atoms with Gasteiger partial charge in [-0.1, -0.05) is 11.6 Å². The van der Waals surface area contributed by atoms with Gasteiger partial charge in [0.1, 0.15) is 9.84 Å². The monoisotopic (exact) mass is 413 g/mol. The van der Waals surface area contributed by atoms with Crippen LogP contribution in [0.5, 0.6) is 0 Å². The lowest BCUT2D eigenvalue weighted by Gasteiger charge is -2.35. The average Bonchev–Trinajstić information content (AvgIpc) is 2.92. The fourth-order valence-electron chi connectivity index (χ4n) is 3.88. The molecular weight excluding hydrogens is 394 g/mol. The van der Waals surface area contributed by atoms with Gasteiger partial charge in [0.15, 0.2) is 5.69 Å². The van der Waals surface area contributed by atoms with E-state index in [1.54, 1.807) is 12.4 Å². The fraction of sp³-hybridized carbons (Fsp3) is 0.333. The lowest BCUT2D eigenvalue weighted by molar-refractivity contribution is 0.322. The van der Waals surface area contributed by atoms with Gasteiger partial charge in [0, 0.05) is 47.5 Å². The number of sulfone groups is 1. The van der Waals surface area contributed by atoms with Crippen LogP contribution in [0.25, 0.3) is 26.9 Å². The number of benzene rings is 1. The van der Waals surface area contributed by atoms with Crippen LogP contribution in [0.1, 0.15) is 30.0 Å². The zero-order valence-corrected chi connectivity index (χ0v) is 17.5. The smallest absolute Gasteiger partial charge is 0.190 e. The van der Waals surface area contributed by atoms with Gasteiger partial charge < -0.3 is 4.57 Å². The molecule has 1 saturated carbocycles. The highest BCUT2D eigenvalue weighted by Gasteiger charge is 2.38. The van der Waals surface area contributed by atoms with Gasteiger partial charge in [0.25, 0.3) is 0 Å². The van der Waals surface area contributed by atoms with Gasteiger partial charge in [-0.2, -0.15) is 0 Å². The van der Waals surface area contributed by atoms with E-state index in [9.17, 15) is 8.42 Å². The second kappa shape index (κ2) is 6.61. The van der Waals surface area contributed by atoms with Crippen molar-refractivity contribution >= 4 is 38.0 Å². The van der Waals surface area contributed by atoms with Crippen LogP contribution < -0.4 is 0 Å². The first kappa shape index (κ1) is 19.0. The Kier molecular flexibility index (Phi) is 4.48. The van der Waals surface area contributed by atoms with Crippen LogP contribution in [0, 0.1) is 20.4 Å². The predicted octanol–water partition coefficient (Wildman–Crippen LogP) is 5.27. The highest BCUT2D eigenvalue weighted by molar-refractivity contribution is 7.91. The third kappa shape index (κ3) is 2.99. The lowest BCUT2D eigenvalue weighted by Crippen LogP contribution is -2.36. The van der Waals surface area contributed by atoms with E-state index in [1.807, 2.05) is 32.2 Å². The topological polar surface area (TPSA) is 56.3 Å². The molecule has 28 heavy (non-hydrogen) atoms. The van der Waals surface area contributed by atoms with Gasteiger partial charge in [-0.3, -0.25) is 4.98 Å². The van der Waals surface area contributed by atoms with E-state index in [-0.39, 0.29) is 11.3 Å². The molecule has 2 heterocycles. The molecule has 0 N–H and O–H groups in total. The van der Waals surface area contributed by atoms with Crippen molar-refractivity contribution in [1.82, 2.24) is 9.55 Å². The zero-order chi connectivity index (χ0) is 20.2. The minimum atomic E-state index is -3.02. The number of aromatic nitrogens is 2. The fourth-order valence-corrected chi connectivity index (χ4v) is 5.22. The lowest BCUT2D eigenvalue weighted by atomic mass is 9.92. The molecule has 0 saturated heterocycles. The third-order valence-corrected chi connectivity index (χ3v) is 7.78. The van der Waals surface area contributed by atoms with E-state index in [1.165, 1.54) is 6.26 Å². The van der Waals surface area contributed by atoms with Crippen molar-refractivity contribution in [3.05, 3.63) is 58.3 Å². The molecule has 1 aliphatic carbocycles. The summed E-state index contributed by atoms with van der Waals surface area (Å²) in [5.74, 6) is 0. The minimum Gasteiger partial charge on any atom is -0.344 e. The van der Waals surface area contributed by atoms with Crippen molar-refractivity contribution in [2.24, 2.45) is 0 Å². The Morgan fingerprint density at radius 2 is 1.89 bits per heavy atom. The number of halogens is 1. The normalized spacial score (nSPS) is 19.4. The van der Waals surface area contributed by atoms with Crippen molar-refractivity contribution in [2.45, 2.75) is 38.0 Å². The Morgan fingerprint density at radius 3 is 2.54 bits per heavy atom. The maximum Gasteiger partial charge on any atom is 0.190 e. The molecule has 4 rings (SSSR count). The molecule has 2 aromatic heterocycles. The number of pyridine rings is 1. The van der Waals surface area contributed by atoms with E-state index >= 15 is 0 Å². The SMILES string of the molecule is [C-]#[N+]c1cc2c(-c3cncc(C)c3Cl)cn(C3CC(S(C)(=O)=O)C3)c2cc1C. The number of aryl methyl sites for hydroxylation is 2. The summed E-state index contributed by atoms with van der Waals surface area (Å²) in [4.78, 5) is 7.93. The molecule has 144 valence electrons. The molecular formula is C21H20ClN3O2S. The Balaban J connectivity index is 1.91. The van der Waals surface area contributed by atoms with Gasteiger partial charge in [-0.25, -0.2) is 13.3 Å². The van der Waals surface area contributed by atoms with Crippen molar-refractivity contribution in [1.29, 1.82) is 0 Å². The van der Waals surface area contributed by atoms with E-state index in [2.05, 4.69) is 14.4 Å². The van der Waals surface area contributed by atoms with Crippen molar-refractivity contribution < 1.29 is 8.42 Å². The van der Waals surface area contributed by atoms with Crippen molar-refractivity contribution in [3.8, 4) is 11.1 Å². The average molecular weight is 414 g/mol. The third-order valence-electron chi connectivity index (χ3n) is 5.68. The summed E-state index contributed by atoms with van der Waals surface area (Å²) >= 11 is 6.56. The first-order valence-electron chi connectivity index (χ1n) is 9.02. The number of hydrogen-bond acceptors (Lipinski definition) is 3. The maximum atomic E-state index is 11.8. The van der Waals surface area contributed by atoms with Crippen LogP contribution in [0.4, 0.5) is 5.69 Å². The molecule has 0 radical (unpaired) electrons. The molecule has 0 atom stereocenters.